The van der Waals surface area contributed by atoms with Crippen molar-refractivity contribution >= 4 is 23.2 Å². The Labute approximate surface area is 123 Å². The van der Waals surface area contributed by atoms with Crippen LogP contribution in [-0.4, -0.2) is 33.8 Å². The molecule has 2 atom stereocenters. The van der Waals surface area contributed by atoms with E-state index in [0.717, 1.165) is 15.6 Å². The number of thiazole rings is 1. The van der Waals surface area contributed by atoms with Crippen molar-refractivity contribution in [2.75, 3.05) is 0 Å². The molecule has 2 heterocycles. The Hall–Kier alpha value is -1.43. The Bertz CT molecular complexity index is 507. The van der Waals surface area contributed by atoms with Crippen LogP contribution >= 0.6 is 11.3 Å². The normalized spacial score (nSPS) is 23.1. The quantitative estimate of drug-likeness (QED) is 0.921. The van der Waals surface area contributed by atoms with E-state index in [1.165, 1.54) is 0 Å². The second kappa shape index (κ2) is 5.91. The zero-order chi connectivity index (χ0) is 14.9. The molecule has 0 bridgehead atoms. The van der Waals surface area contributed by atoms with Crippen LogP contribution in [0.15, 0.2) is 0 Å². The fourth-order valence-corrected chi connectivity index (χ4v) is 3.38. The first-order valence-electron chi connectivity index (χ1n) is 7.01. The number of rotatable bonds is 4. The minimum Gasteiger partial charge on any atom is -0.343 e. The molecule has 110 valence electrons. The van der Waals surface area contributed by atoms with Crippen molar-refractivity contribution in [3.05, 3.63) is 15.6 Å². The van der Waals surface area contributed by atoms with Crippen molar-refractivity contribution < 1.29 is 9.59 Å². The number of aromatic nitrogens is 1. The van der Waals surface area contributed by atoms with Crippen LogP contribution in [-0.2, 0) is 16.1 Å². The third-order valence-corrected chi connectivity index (χ3v) is 4.81. The van der Waals surface area contributed by atoms with Crippen molar-refractivity contribution in [2.45, 2.75) is 59.2 Å². The van der Waals surface area contributed by atoms with E-state index < -0.39 is 6.04 Å². The summed E-state index contributed by atoms with van der Waals surface area (Å²) in [4.78, 5) is 31.9. The molecule has 1 aromatic rings. The third-order valence-electron chi connectivity index (χ3n) is 3.75. The highest BCUT2D eigenvalue weighted by Gasteiger charge is 2.38. The summed E-state index contributed by atoms with van der Waals surface area (Å²) in [5.41, 5.74) is 0.999. The Morgan fingerprint density at radius 1 is 1.25 bits per heavy atom. The molecule has 5 nitrogen and oxygen atoms in total. The first kappa shape index (κ1) is 15.0. The molecule has 0 spiro atoms. The Balaban J connectivity index is 2.24. The number of hydrogen-bond donors (Lipinski definition) is 1. The van der Waals surface area contributed by atoms with Gasteiger partial charge in [-0.25, -0.2) is 4.98 Å². The number of carbonyl (C=O) groups is 2. The predicted molar refractivity (Wildman–Crippen MR) is 78.4 cm³/mol. The number of aryl methyl sites for hydroxylation is 2. The van der Waals surface area contributed by atoms with Gasteiger partial charge in [0.25, 0.3) is 0 Å². The SMILES string of the molecule is CCC1NC(=O)C(CC)N(Cc2nc(C)c(C)s2)C1=O. The Kier molecular flexibility index (Phi) is 4.42. The molecule has 1 N–H and O–H groups in total. The lowest BCUT2D eigenvalue weighted by molar-refractivity contribution is -0.150. The average molecular weight is 295 g/mol. The third kappa shape index (κ3) is 2.70. The molecule has 1 aliphatic rings. The number of piperazine rings is 1. The van der Waals surface area contributed by atoms with E-state index in [4.69, 9.17) is 0 Å². The summed E-state index contributed by atoms with van der Waals surface area (Å²) in [7, 11) is 0. The molecule has 1 aromatic heterocycles. The molecule has 2 amide bonds. The maximum absolute atomic E-state index is 12.5. The second-order valence-corrected chi connectivity index (χ2v) is 6.40. The molecule has 20 heavy (non-hydrogen) atoms. The van der Waals surface area contributed by atoms with E-state index in [-0.39, 0.29) is 17.9 Å². The van der Waals surface area contributed by atoms with E-state index in [1.54, 1.807) is 16.2 Å². The minimum absolute atomic E-state index is 0.00413. The predicted octanol–water partition coefficient (Wildman–Crippen LogP) is 1.78. The van der Waals surface area contributed by atoms with Gasteiger partial charge < -0.3 is 10.2 Å². The molecule has 6 heteroatoms. The molecule has 0 aromatic carbocycles. The standard InChI is InChI=1S/C14H21N3O2S/c1-5-10-14(19)17(11(6-2)13(18)16-10)7-12-15-8(3)9(4)20-12/h10-11H,5-7H2,1-4H3,(H,16,18). The van der Waals surface area contributed by atoms with Crippen LogP contribution < -0.4 is 5.32 Å². The van der Waals surface area contributed by atoms with E-state index in [0.29, 0.717) is 19.4 Å². The number of nitrogens with one attached hydrogen (secondary N) is 1. The number of hydrogen-bond acceptors (Lipinski definition) is 4. The lowest BCUT2D eigenvalue weighted by Crippen LogP contribution is -2.62. The van der Waals surface area contributed by atoms with E-state index in [2.05, 4.69) is 10.3 Å². The van der Waals surface area contributed by atoms with Crippen LogP contribution in [0.2, 0.25) is 0 Å². The largest absolute Gasteiger partial charge is 0.343 e. The van der Waals surface area contributed by atoms with Crippen molar-refractivity contribution in [2.24, 2.45) is 0 Å². The van der Waals surface area contributed by atoms with Gasteiger partial charge in [-0.3, -0.25) is 9.59 Å². The van der Waals surface area contributed by atoms with E-state index >= 15 is 0 Å². The zero-order valence-corrected chi connectivity index (χ0v) is 13.2. The lowest BCUT2D eigenvalue weighted by atomic mass is 10.0. The summed E-state index contributed by atoms with van der Waals surface area (Å²) in [6, 6.07) is -0.776. The van der Waals surface area contributed by atoms with E-state index in [1.807, 2.05) is 27.7 Å². The summed E-state index contributed by atoms with van der Waals surface area (Å²) in [6.45, 7) is 8.25. The van der Waals surface area contributed by atoms with Gasteiger partial charge >= 0.3 is 0 Å². The van der Waals surface area contributed by atoms with Crippen LogP contribution in [0.1, 0.15) is 42.3 Å². The highest BCUT2D eigenvalue weighted by atomic mass is 32.1. The highest BCUT2D eigenvalue weighted by molar-refractivity contribution is 7.11. The van der Waals surface area contributed by atoms with Crippen LogP contribution in [0, 0.1) is 13.8 Å². The molecule has 0 aliphatic carbocycles. The smallest absolute Gasteiger partial charge is 0.246 e. The molecule has 0 saturated carbocycles. The van der Waals surface area contributed by atoms with Crippen LogP contribution in [0.3, 0.4) is 0 Å². The summed E-state index contributed by atoms with van der Waals surface area (Å²) >= 11 is 1.60. The number of amides is 2. The fourth-order valence-electron chi connectivity index (χ4n) is 2.45. The van der Waals surface area contributed by atoms with Crippen LogP contribution in [0.25, 0.3) is 0 Å². The van der Waals surface area contributed by atoms with Gasteiger partial charge in [0.05, 0.1) is 12.2 Å². The Morgan fingerprint density at radius 2 is 1.95 bits per heavy atom. The summed E-state index contributed by atoms with van der Waals surface area (Å²) in [5.74, 6) is -0.0478. The van der Waals surface area contributed by atoms with Gasteiger partial charge in [0.15, 0.2) is 0 Å². The van der Waals surface area contributed by atoms with Gasteiger partial charge in [-0.2, -0.15) is 0 Å². The molecule has 1 aliphatic heterocycles. The topological polar surface area (TPSA) is 62.3 Å². The van der Waals surface area contributed by atoms with Crippen LogP contribution in [0.5, 0.6) is 0 Å². The van der Waals surface area contributed by atoms with E-state index in [9.17, 15) is 9.59 Å². The molecule has 1 fully saturated rings. The summed E-state index contributed by atoms with van der Waals surface area (Å²) in [5, 5.41) is 3.70. The maximum Gasteiger partial charge on any atom is 0.246 e. The monoisotopic (exact) mass is 295 g/mol. The molecule has 0 radical (unpaired) electrons. The summed E-state index contributed by atoms with van der Waals surface area (Å²) in [6.07, 6.45) is 1.24. The fraction of sp³-hybridized carbons (Fsp3) is 0.643. The van der Waals surface area contributed by atoms with Crippen molar-refractivity contribution in [1.29, 1.82) is 0 Å². The molecule has 2 unspecified atom stereocenters. The average Bonchev–Trinajstić information content (AvgIpc) is 2.72. The highest BCUT2D eigenvalue weighted by Crippen LogP contribution is 2.22. The zero-order valence-electron chi connectivity index (χ0n) is 12.4. The Morgan fingerprint density at radius 3 is 2.45 bits per heavy atom. The number of carbonyl (C=O) groups excluding carboxylic acids is 2. The molecule has 1 saturated heterocycles. The van der Waals surface area contributed by atoms with Gasteiger partial charge in [0, 0.05) is 4.88 Å². The van der Waals surface area contributed by atoms with Crippen molar-refractivity contribution in [3.8, 4) is 0 Å². The van der Waals surface area contributed by atoms with Gasteiger partial charge in [0.1, 0.15) is 17.1 Å². The van der Waals surface area contributed by atoms with Crippen molar-refractivity contribution in [1.82, 2.24) is 15.2 Å². The first-order valence-corrected chi connectivity index (χ1v) is 7.83. The maximum atomic E-state index is 12.5. The first-order chi connectivity index (χ1) is 9.47. The van der Waals surface area contributed by atoms with Gasteiger partial charge in [-0.1, -0.05) is 13.8 Å². The van der Waals surface area contributed by atoms with Gasteiger partial charge in [0.2, 0.25) is 11.8 Å². The minimum atomic E-state index is -0.396. The molecule has 2 rings (SSSR count). The van der Waals surface area contributed by atoms with Crippen LogP contribution in [0.4, 0.5) is 0 Å². The lowest BCUT2D eigenvalue weighted by Gasteiger charge is -2.37. The number of nitrogens with zero attached hydrogens (tertiary/aromatic N) is 2. The van der Waals surface area contributed by atoms with Gasteiger partial charge in [-0.15, -0.1) is 11.3 Å². The summed E-state index contributed by atoms with van der Waals surface area (Å²) < 4.78 is 0. The van der Waals surface area contributed by atoms with Gasteiger partial charge in [-0.05, 0) is 26.7 Å². The molecular formula is C14H21N3O2S. The van der Waals surface area contributed by atoms with Crippen molar-refractivity contribution in [3.63, 3.8) is 0 Å². The second-order valence-electron chi connectivity index (χ2n) is 5.11. The molecular weight excluding hydrogens is 274 g/mol.